The van der Waals surface area contributed by atoms with Gasteiger partial charge in [-0.25, -0.2) is 9.79 Å². The van der Waals surface area contributed by atoms with Gasteiger partial charge in [-0.3, -0.25) is 14.5 Å². The summed E-state index contributed by atoms with van der Waals surface area (Å²) in [4.78, 5) is 41.9. The van der Waals surface area contributed by atoms with Crippen LogP contribution in [-0.2, 0) is 19.1 Å². The van der Waals surface area contributed by atoms with Crippen molar-refractivity contribution in [1.29, 1.82) is 0 Å². The zero-order valence-electron chi connectivity index (χ0n) is 13.9. The quantitative estimate of drug-likeness (QED) is 0.594. The first-order chi connectivity index (χ1) is 12.0. The molecule has 2 aliphatic carbocycles. The molecule has 0 spiro atoms. The van der Waals surface area contributed by atoms with E-state index in [1.165, 1.54) is 24.2 Å². The number of nitrogens with one attached hydrogen (secondary N) is 1. The molecule has 25 heavy (non-hydrogen) atoms. The summed E-state index contributed by atoms with van der Waals surface area (Å²) in [5, 5.41) is 2.97. The summed E-state index contributed by atoms with van der Waals surface area (Å²) in [6.45, 7) is -0.136. The van der Waals surface area contributed by atoms with Crippen LogP contribution in [0, 0.1) is 5.92 Å². The summed E-state index contributed by atoms with van der Waals surface area (Å²) in [7, 11) is 1.28. The maximum Gasteiger partial charge on any atom is 0.337 e. The van der Waals surface area contributed by atoms with Crippen molar-refractivity contribution < 1.29 is 19.1 Å². The van der Waals surface area contributed by atoms with E-state index in [9.17, 15) is 14.4 Å². The van der Waals surface area contributed by atoms with Crippen molar-refractivity contribution in [3.63, 3.8) is 0 Å². The number of allylic oxidation sites excluding steroid dienone is 1. The number of ether oxygens (including phenoxy) is 1. The summed E-state index contributed by atoms with van der Waals surface area (Å²) in [5.41, 5.74) is 0.700. The van der Waals surface area contributed by atoms with Gasteiger partial charge in [-0.05, 0) is 31.1 Å². The zero-order valence-corrected chi connectivity index (χ0v) is 14.7. The summed E-state index contributed by atoms with van der Waals surface area (Å²) < 4.78 is 4.67. The number of thiocarbonyl (C=S) groups is 1. The van der Waals surface area contributed by atoms with E-state index in [4.69, 9.17) is 12.2 Å². The average Bonchev–Trinajstić information content (AvgIpc) is 3.10. The van der Waals surface area contributed by atoms with Gasteiger partial charge in [-0.15, -0.1) is 0 Å². The van der Waals surface area contributed by atoms with Crippen LogP contribution < -0.4 is 5.32 Å². The first kappa shape index (κ1) is 17.5. The Kier molecular flexibility index (Phi) is 5.08. The monoisotopic (exact) mass is 361 g/mol. The number of carbonyl (C=O) groups excluding carboxylic acids is 3. The van der Waals surface area contributed by atoms with Gasteiger partial charge in [0.25, 0.3) is 0 Å². The molecular formula is C17H19N3O4S. The Morgan fingerprint density at radius 1 is 1.40 bits per heavy atom. The Morgan fingerprint density at radius 3 is 2.80 bits per heavy atom. The number of amides is 2. The van der Waals surface area contributed by atoms with Crippen LogP contribution in [0.25, 0.3) is 0 Å². The molecule has 8 heteroatoms. The second-order valence-electron chi connectivity index (χ2n) is 6.22. The van der Waals surface area contributed by atoms with Gasteiger partial charge in [0.05, 0.1) is 24.3 Å². The van der Waals surface area contributed by atoms with Crippen molar-refractivity contribution in [2.24, 2.45) is 10.9 Å². The van der Waals surface area contributed by atoms with Crippen LogP contribution in [0.5, 0.6) is 0 Å². The molecule has 1 saturated carbocycles. The number of hydrogen-bond acceptors (Lipinski definition) is 5. The molecular weight excluding hydrogens is 342 g/mol. The number of esters is 1. The van der Waals surface area contributed by atoms with Crippen LogP contribution in [0.4, 0.5) is 0 Å². The lowest BCUT2D eigenvalue weighted by Crippen LogP contribution is -2.51. The van der Waals surface area contributed by atoms with Crippen LogP contribution in [0.15, 0.2) is 28.8 Å². The fourth-order valence-corrected chi connectivity index (χ4v) is 3.48. The van der Waals surface area contributed by atoms with E-state index in [1.807, 2.05) is 0 Å². The van der Waals surface area contributed by atoms with Crippen molar-refractivity contribution in [2.45, 2.75) is 31.7 Å². The second kappa shape index (κ2) is 7.26. The number of carbonyl (C=O) groups is 3. The lowest BCUT2D eigenvalue weighted by Gasteiger charge is -2.30. The van der Waals surface area contributed by atoms with Gasteiger partial charge in [0.15, 0.2) is 0 Å². The minimum Gasteiger partial charge on any atom is -0.465 e. The lowest BCUT2D eigenvalue weighted by atomic mass is 9.92. The minimum atomic E-state index is -0.639. The van der Waals surface area contributed by atoms with Gasteiger partial charge in [0.2, 0.25) is 16.9 Å². The minimum absolute atomic E-state index is 0.0357. The van der Waals surface area contributed by atoms with E-state index in [0.717, 1.165) is 25.7 Å². The Hall–Kier alpha value is -2.35. The van der Waals surface area contributed by atoms with Crippen LogP contribution >= 0.6 is 12.2 Å². The summed E-state index contributed by atoms with van der Waals surface area (Å²) in [6, 6.07) is 0.181. The van der Waals surface area contributed by atoms with E-state index in [1.54, 1.807) is 6.08 Å². The highest BCUT2D eigenvalue weighted by Crippen LogP contribution is 2.23. The maximum absolute atomic E-state index is 12.7. The molecule has 7 nitrogen and oxygen atoms in total. The number of methoxy groups -OCH3 is 1. The van der Waals surface area contributed by atoms with Crippen molar-refractivity contribution in [3.8, 4) is 0 Å². The third-order valence-corrected chi connectivity index (χ3v) is 4.83. The number of nitrogens with zero attached hydrogens (tertiary/aromatic N) is 2. The highest BCUT2D eigenvalue weighted by molar-refractivity contribution is 7.80. The molecule has 0 bridgehead atoms. The fraction of sp³-hybridized carbons (Fsp3) is 0.471. The molecule has 2 amide bonds. The molecule has 1 N–H and O–H groups in total. The van der Waals surface area contributed by atoms with Crippen molar-refractivity contribution >= 4 is 40.8 Å². The molecule has 0 aromatic carbocycles. The third kappa shape index (κ3) is 3.68. The van der Waals surface area contributed by atoms with Crippen molar-refractivity contribution in [1.82, 2.24) is 10.2 Å². The molecule has 0 radical (unpaired) electrons. The molecule has 1 fully saturated rings. The Balaban J connectivity index is 1.71. The molecule has 1 aliphatic heterocycles. The molecule has 1 heterocycles. The summed E-state index contributed by atoms with van der Waals surface area (Å²) in [5.74, 6) is -1.69. The topological polar surface area (TPSA) is 88.1 Å². The molecule has 0 saturated heterocycles. The molecule has 1 atom stereocenters. The molecule has 3 aliphatic rings. The third-order valence-electron chi connectivity index (χ3n) is 4.52. The smallest absolute Gasteiger partial charge is 0.337 e. The average molecular weight is 361 g/mol. The number of aliphatic imine (C=N–C) groups is 1. The molecule has 0 aromatic heterocycles. The predicted molar refractivity (Wildman–Crippen MR) is 94.9 cm³/mol. The van der Waals surface area contributed by atoms with Crippen LogP contribution in [0.2, 0.25) is 0 Å². The first-order valence-electron chi connectivity index (χ1n) is 8.21. The van der Waals surface area contributed by atoms with Gasteiger partial charge in [0, 0.05) is 6.04 Å². The number of fused-ring (bicyclic) bond motifs is 1. The predicted octanol–water partition coefficient (Wildman–Crippen LogP) is 0.899. The maximum atomic E-state index is 12.7. The largest absolute Gasteiger partial charge is 0.465 e. The molecule has 1 unspecified atom stereocenters. The van der Waals surface area contributed by atoms with E-state index >= 15 is 0 Å². The van der Waals surface area contributed by atoms with Crippen LogP contribution in [0.3, 0.4) is 0 Å². The van der Waals surface area contributed by atoms with Gasteiger partial charge >= 0.3 is 5.97 Å². The van der Waals surface area contributed by atoms with E-state index in [2.05, 4.69) is 15.0 Å². The van der Waals surface area contributed by atoms with Crippen LogP contribution in [-0.4, -0.2) is 53.2 Å². The highest BCUT2D eigenvalue weighted by Gasteiger charge is 2.36. The number of hydrogen-bond donors (Lipinski definition) is 1. The fourth-order valence-electron chi connectivity index (χ4n) is 3.22. The first-order valence-corrected chi connectivity index (χ1v) is 8.62. The Bertz CT molecular complexity index is 719. The van der Waals surface area contributed by atoms with Gasteiger partial charge < -0.3 is 10.1 Å². The lowest BCUT2D eigenvalue weighted by molar-refractivity contribution is -0.135. The standard InChI is InChI=1S/C17H19N3O4S/c1-24-16(23)10-6-7-12-13(8-10)19-17(25)20(15(12)22)9-14(21)18-11-4-2-3-5-11/h6-8,11-12H,2-5,9H2,1H3,(H,18,21). The van der Waals surface area contributed by atoms with E-state index < -0.39 is 11.9 Å². The molecule has 3 rings (SSSR count). The van der Waals surface area contributed by atoms with Gasteiger partial charge in [-0.2, -0.15) is 0 Å². The molecule has 132 valence electrons. The van der Waals surface area contributed by atoms with Gasteiger partial charge in [-0.1, -0.05) is 25.0 Å². The van der Waals surface area contributed by atoms with E-state index in [-0.39, 0.29) is 29.5 Å². The Labute approximate surface area is 150 Å². The second-order valence-corrected chi connectivity index (χ2v) is 6.59. The number of rotatable bonds is 4. The van der Waals surface area contributed by atoms with Crippen molar-refractivity contribution in [2.75, 3.05) is 13.7 Å². The zero-order chi connectivity index (χ0) is 18.0. The van der Waals surface area contributed by atoms with Gasteiger partial charge in [0.1, 0.15) is 6.54 Å². The van der Waals surface area contributed by atoms with Crippen molar-refractivity contribution in [3.05, 3.63) is 23.8 Å². The summed E-state index contributed by atoms with van der Waals surface area (Å²) in [6.07, 6.45) is 8.77. The normalized spacial score (nSPS) is 23.1. The molecule has 0 aromatic rings. The Morgan fingerprint density at radius 2 is 2.12 bits per heavy atom. The SMILES string of the molecule is COC(=O)C1=CC2=NC(=S)N(CC(=O)NC3CCCC3)C(=O)C2C=C1. The van der Waals surface area contributed by atoms with Crippen LogP contribution in [0.1, 0.15) is 25.7 Å². The highest BCUT2D eigenvalue weighted by atomic mass is 32.1. The summed E-state index contributed by atoms with van der Waals surface area (Å²) >= 11 is 5.17. The van der Waals surface area contributed by atoms with E-state index in [0.29, 0.717) is 11.3 Å².